The molecule has 1 N–H and O–H groups in total. The first-order chi connectivity index (χ1) is 12.6. The van der Waals surface area contributed by atoms with Crippen molar-refractivity contribution in [3.05, 3.63) is 47.5 Å². The van der Waals surface area contributed by atoms with Gasteiger partial charge in [0, 0.05) is 42.9 Å². The second-order valence-electron chi connectivity index (χ2n) is 6.05. The number of hydrogen-bond acceptors (Lipinski definition) is 6. The van der Waals surface area contributed by atoms with Gasteiger partial charge in [-0.25, -0.2) is 0 Å². The van der Waals surface area contributed by atoms with E-state index in [2.05, 4.69) is 4.90 Å². The van der Waals surface area contributed by atoms with E-state index in [1.807, 2.05) is 30.3 Å². The fourth-order valence-corrected chi connectivity index (χ4v) is 3.16. The number of aromatic hydroxyl groups is 1. The van der Waals surface area contributed by atoms with Crippen LogP contribution in [0.15, 0.2) is 36.4 Å². The molecule has 1 aliphatic heterocycles. The predicted molar refractivity (Wildman–Crippen MR) is 97.4 cm³/mol. The highest BCUT2D eigenvalue weighted by Gasteiger charge is 2.24. The molecule has 1 saturated heterocycles. The fraction of sp³-hybridized carbons (Fsp3) is 0.300. The molecule has 0 radical (unpaired) electrons. The van der Waals surface area contributed by atoms with Gasteiger partial charge in [-0.1, -0.05) is 30.3 Å². The fourth-order valence-electron chi connectivity index (χ4n) is 3.16. The van der Waals surface area contributed by atoms with Gasteiger partial charge >= 0.3 is 5.97 Å². The van der Waals surface area contributed by atoms with Crippen LogP contribution in [0.5, 0.6) is 5.75 Å². The molecule has 2 aromatic rings. The monoisotopic (exact) mass is 355 g/mol. The number of carbonyl (C=O) groups is 2. The van der Waals surface area contributed by atoms with E-state index in [1.54, 1.807) is 6.07 Å². The van der Waals surface area contributed by atoms with Gasteiger partial charge in [0.15, 0.2) is 6.29 Å². The summed E-state index contributed by atoms with van der Waals surface area (Å²) in [5.41, 5.74) is 3.11. The first kappa shape index (κ1) is 17.9. The Balaban J connectivity index is 2.22. The second kappa shape index (κ2) is 8.01. The Morgan fingerprint density at radius 3 is 2.58 bits per heavy atom. The Morgan fingerprint density at radius 2 is 1.96 bits per heavy atom. The molecule has 0 spiro atoms. The molecule has 3 rings (SSSR count). The second-order valence-corrected chi connectivity index (χ2v) is 6.05. The van der Waals surface area contributed by atoms with Crippen LogP contribution in [-0.4, -0.2) is 43.7 Å². The molecule has 0 amide bonds. The molecular formula is C20H21NO5. The molecule has 0 aromatic heterocycles. The lowest BCUT2D eigenvalue weighted by molar-refractivity contribution is -0.142. The Morgan fingerprint density at radius 1 is 1.27 bits per heavy atom. The summed E-state index contributed by atoms with van der Waals surface area (Å²) < 4.78 is 10.6. The van der Waals surface area contributed by atoms with E-state index in [1.165, 1.54) is 6.92 Å². The lowest BCUT2D eigenvalue weighted by Crippen LogP contribution is -2.36. The third-order valence-electron chi connectivity index (χ3n) is 4.38. The molecule has 6 nitrogen and oxygen atoms in total. The zero-order chi connectivity index (χ0) is 18.5. The number of hydrogen-bond donors (Lipinski definition) is 1. The van der Waals surface area contributed by atoms with Crippen LogP contribution in [-0.2, 0) is 20.9 Å². The number of rotatable bonds is 5. The molecule has 0 atom stereocenters. The zero-order valence-corrected chi connectivity index (χ0v) is 14.6. The SMILES string of the molecule is CC(=O)OCc1c(C=O)c(O)cc(N2CCOCC2)c1-c1ccccc1. The number of benzene rings is 2. The molecule has 1 fully saturated rings. The number of esters is 1. The quantitative estimate of drug-likeness (QED) is 0.657. The van der Waals surface area contributed by atoms with Gasteiger partial charge in [-0.15, -0.1) is 0 Å². The normalized spacial score (nSPS) is 14.1. The summed E-state index contributed by atoms with van der Waals surface area (Å²) in [6, 6.07) is 11.2. The molecule has 1 aliphatic rings. The molecule has 0 unspecified atom stereocenters. The number of ether oxygens (including phenoxy) is 2. The van der Waals surface area contributed by atoms with Crippen LogP contribution >= 0.6 is 0 Å². The molecule has 26 heavy (non-hydrogen) atoms. The van der Waals surface area contributed by atoms with Crippen molar-refractivity contribution in [3.8, 4) is 16.9 Å². The van der Waals surface area contributed by atoms with Gasteiger partial charge in [-0.3, -0.25) is 9.59 Å². The number of phenols is 1. The predicted octanol–water partition coefficient (Wildman–Crippen LogP) is 2.77. The van der Waals surface area contributed by atoms with E-state index < -0.39 is 5.97 Å². The van der Waals surface area contributed by atoms with Crippen LogP contribution < -0.4 is 4.90 Å². The average molecular weight is 355 g/mol. The molecular weight excluding hydrogens is 334 g/mol. The number of anilines is 1. The largest absolute Gasteiger partial charge is 0.507 e. The van der Waals surface area contributed by atoms with Crippen molar-refractivity contribution < 1.29 is 24.2 Å². The summed E-state index contributed by atoms with van der Waals surface area (Å²) in [4.78, 5) is 25.1. The van der Waals surface area contributed by atoms with Crippen molar-refractivity contribution in [2.75, 3.05) is 31.2 Å². The molecule has 0 bridgehead atoms. The molecule has 0 saturated carbocycles. The third kappa shape index (κ3) is 3.70. The summed E-state index contributed by atoms with van der Waals surface area (Å²) in [5, 5.41) is 10.4. The van der Waals surface area contributed by atoms with Crippen molar-refractivity contribution in [1.82, 2.24) is 0 Å². The summed E-state index contributed by atoms with van der Waals surface area (Å²) in [5.74, 6) is -0.569. The van der Waals surface area contributed by atoms with Crippen molar-refractivity contribution in [3.63, 3.8) is 0 Å². The molecule has 6 heteroatoms. The minimum atomic E-state index is -0.447. The third-order valence-corrected chi connectivity index (χ3v) is 4.38. The van der Waals surface area contributed by atoms with Gasteiger partial charge in [-0.2, -0.15) is 0 Å². The number of aldehydes is 1. The van der Waals surface area contributed by atoms with E-state index in [0.29, 0.717) is 38.2 Å². The minimum absolute atomic E-state index is 0.0840. The highest BCUT2D eigenvalue weighted by molar-refractivity contribution is 5.93. The molecule has 0 aliphatic carbocycles. The van der Waals surface area contributed by atoms with Gasteiger partial charge in [0.1, 0.15) is 12.4 Å². The van der Waals surface area contributed by atoms with Crippen LogP contribution in [0, 0.1) is 0 Å². The van der Waals surface area contributed by atoms with E-state index in [0.717, 1.165) is 16.8 Å². The number of carbonyl (C=O) groups excluding carboxylic acids is 2. The summed E-state index contributed by atoms with van der Waals surface area (Å²) in [6.07, 6.45) is 0.601. The smallest absolute Gasteiger partial charge is 0.302 e. The Labute approximate surface area is 152 Å². The lowest BCUT2D eigenvalue weighted by atomic mass is 9.92. The van der Waals surface area contributed by atoms with E-state index in [-0.39, 0.29) is 17.9 Å². The lowest BCUT2D eigenvalue weighted by Gasteiger charge is -2.32. The molecule has 1 heterocycles. The number of nitrogens with zero attached hydrogens (tertiary/aromatic N) is 1. The highest BCUT2D eigenvalue weighted by Crippen LogP contribution is 2.40. The Kier molecular flexibility index (Phi) is 5.53. The average Bonchev–Trinajstić information content (AvgIpc) is 2.67. The standard InChI is InChI=1S/C20H21NO5/c1-14(23)26-13-17-16(12-22)19(24)11-18(21-7-9-25-10-8-21)20(17)15-5-3-2-4-6-15/h2-6,11-12,24H,7-10,13H2,1H3. The highest BCUT2D eigenvalue weighted by atomic mass is 16.5. The van der Waals surface area contributed by atoms with Gasteiger partial charge in [0.2, 0.25) is 0 Å². The van der Waals surface area contributed by atoms with Gasteiger partial charge in [0.05, 0.1) is 18.8 Å². The minimum Gasteiger partial charge on any atom is -0.507 e. The summed E-state index contributed by atoms with van der Waals surface area (Å²) >= 11 is 0. The van der Waals surface area contributed by atoms with Crippen molar-refractivity contribution in [1.29, 1.82) is 0 Å². The Bertz CT molecular complexity index is 798. The number of morpholine rings is 1. The van der Waals surface area contributed by atoms with Crippen LogP contribution in [0.25, 0.3) is 11.1 Å². The first-order valence-corrected chi connectivity index (χ1v) is 8.47. The first-order valence-electron chi connectivity index (χ1n) is 8.47. The van der Waals surface area contributed by atoms with Crippen molar-refractivity contribution in [2.24, 2.45) is 0 Å². The van der Waals surface area contributed by atoms with Crippen LogP contribution in [0.1, 0.15) is 22.8 Å². The zero-order valence-electron chi connectivity index (χ0n) is 14.6. The van der Waals surface area contributed by atoms with Crippen molar-refractivity contribution in [2.45, 2.75) is 13.5 Å². The summed E-state index contributed by atoms with van der Waals surface area (Å²) in [7, 11) is 0. The maximum atomic E-state index is 11.6. The van der Waals surface area contributed by atoms with Gasteiger partial charge < -0.3 is 19.5 Å². The van der Waals surface area contributed by atoms with Gasteiger partial charge in [0.25, 0.3) is 0 Å². The van der Waals surface area contributed by atoms with E-state index >= 15 is 0 Å². The van der Waals surface area contributed by atoms with E-state index in [4.69, 9.17) is 9.47 Å². The summed E-state index contributed by atoms with van der Waals surface area (Å²) in [6.45, 7) is 3.75. The van der Waals surface area contributed by atoms with Crippen LogP contribution in [0.3, 0.4) is 0 Å². The van der Waals surface area contributed by atoms with E-state index in [9.17, 15) is 14.7 Å². The van der Waals surface area contributed by atoms with Crippen LogP contribution in [0.4, 0.5) is 5.69 Å². The Hall–Kier alpha value is -2.86. The number of phenolic OH excluding ortho intramolecular Hbond substituents is 1. The maximum Gasteiger partial charge on any atom is 0.302 e. The van der Waals surface area contributed by atoms with Crippen molar-refractivity contribution >= 4 is 17.9 Å². The topological polar surface area (TPSA) is 76.1 Å². The van der Waals surface area contributed by atoms with Crippen LogP contribution in [0.2, 0.25) is 0 Å². The molecule has 2 aromatic carbocycles. The van der Waals surface area contributed by atoms with Gasteiger partial charge in [-0.05, 0) is 5.56 Å². The maximum absolute atomic E-state index is 11.6. The molecule has 136 valence electrons.